The predicted octanol–water partition coefficient (Wildman–Crippen LogP) is 3.44. The molecule has 0 aromatic carbocycles. The lowest BCUT2D eigenvalue weighted by molar-refractivity contribution is -0.0302. The number of rotatable bonds is 6. The number of nitrogens with zero attached hydrogens (tertiary/aromatic N) is 1. The molecule has 0 bridgehead atoms. The summed E-state index contributed by atoms with van der Waals surface area (Å²) in [6.45, 7) is 15.0. The molecule has 2 heterocycles. The molecule has 3 heteroatoms. The van der Waals surface area contributed by atoms with Gasteiger partial charge in [0.2, 0.25) is 0 Å². The van der Waals surface area contributed by atoms with Gasteiger partial charge in [-0.3, -0.25) is 4.90 Å². The molecule has 0 atom stereocenters. The molecular formula is C18H36N2O. The molecule has 0 unspecified atom stereocenters. The number of hydrogen-bond acceptors (Lipinski definition) is 3. The molecular weight excluding hydrogens is 260 g/mol. The Hall–Kier alpha value is -0.120. The fourth-order valence-electron chi connectivity index (χ4n) is 4.22. The number of ether oxygens (including phenoxy) is 1. The minimum Gasteiger partial charge on any atom is -0.381 e. The van der Waals surface area contributed by atoms with E-state index in [1.54, 1.807) is 0 Å². The van der Waals surface area contributed by atoms with E-state index in [9.17, 15) is 0 Å². The topological polar surface area (TPSA) is 24.5 Å². The first-order valence-corrected chi connectivity index (χ1v) is 9.21. The van der Waals surface area contributed by atoms with Gasteiger partial charge in [0.05, 0.1) is 0 Å². The third kappa shape index (κ3) is 3.62. The summed E-state index contributed by atoms with van der Waals surface area (Å²) in [4.78, 5) is 2.85. The average Bonchev–Trinajstić information content (AvgIpc) is 2.56. The summed E-state index contributed by atoms with van der Waals surface area (Å²) in [6.07, 6.45) is 7.47. The lowest BCUT2D eigenvalue weighted by Gasteiger charge is -2.55. The molecule has 2 rings (SSSR count). The van der Waals surface area contributed by atoms with Crippen molar-refractivity contribution in [2.24, 2.45) is 5.92 Å². The minimum absolute atomic E-state index is 0.332. The van der Waals surface area contributed by atoms with Crippen LogP contribution in [0.1, 0.15) is 66.2 Å². The maximum Gasteiger partial charge on any atom is 0.0469 e. The average molecular weight is 296 g/mol. The van der Waals surface area contributed by atoms with Crippen molar-refractivity contribution in [2.45, 2.75) is 77.3 Å². The SMILES string of the molecule is CCC1(CC)CN(CC2CCOCC2)C(CC)(CC)CN1. The van der Waals surface area contributed by atoms with E-state index in [0.717, 1.165) is 25.7 Å². The number of piperazine rings is 1. The minimum atomic E-state index is 0.332. The van der Waals surface area contributed by atoms with E-state index in [-0.39, 0.29) is 0 Å². The second-order valence-electron chi connectivity index (χ2n) is 7.21. The van der Waals surface area contributed by atoms with Crippen molar-refractivity contribution in [3.63, 3.8) is 0 Å². The lowest BCUT2D eigenvalue weighted by atomic mass is 9.79. The molecule has 1 N–H and O–H groups in total. The zero-order valence-electron chi connectivity index (χ0n) is 14.7. The van der Waals surface area contributed by atoms with Gasteiger partial charge in [-0.15, -0.1) is 0 Å². The van der Waals surface area contributed by atoms with Crippen LogP contribution in [0.4, 0.5) is 0 Å². The van der Waals surface area contributed by atoms with E-state index in [0.29, 0.717) is 11.1 Å². The van der Waals surface area contributed by atoms with Crippen molar-refractivity contribution in [1.29, 1.82) is 0 Å². The summed E-state index contributed by atoms with van der Waals surface area (Å²) in [5.41, 5.74) is 0.700. The van der Waals surface area contributed by atoms with E-state index >= 15 is 0 Å². The molecule has 0 aliphatic carbocycles. The van der Waals surface area contributed by atoms with Crippen LogP contribution in [0.5, 0.6) is 0 Å². The first kappa shape index (κ1) is 17.2. The molecule has 0 saturated carbocycles. The van der Waals surface area contributed by atoms with Crippen LogP contribution in [-0.4, -0.2) is 48.8 Å². The molecule has 2 fully saturated rings. The summed E-state index contributed by atoms with van der Waals surface area (Å²) in [5.74, 6) is 0.834. The summed E-state index contributed by atoms with van der Waals surface area (Å²) >= 11 is 0. The standard InChI is InChI=1S/C18H36N2O/c1-5-17(6-2)15-20(13-16-9-11-21-12-10-16)18(7-3,8-4)14-19-17/h16,19H,5-15H2,1-4H3. The molecule has 0 spiro atoms. The summed E-state index contributed by atoms with van der Waals surface area (Å²) in [7, 11) is 0. The third-order valence-electron chi connectivity index (χ3n) is 6.45. The molecule has 0 radical (unpaired) electrons. The highest BCUT2D eigenvalue weighted by Crippen LogP contribution is 2.34. The number of nitrogens with one attached hydrogen (secondary N) is 1. The Morgan fingerprint density at radius 3 is 2.14 bits per heavy atom. The van der Waals surface area contributed by atoms with Gasteiger partial charge < -0.3 is 10.1 Å². The third-order valence-corrected chi connectivity index (χ3v) is 6.45. The molecule has 0 aromatic rings. The maximum atomic E-state index is 5.55. The molecule has 21 heavy (non-hydrogen) atoms. The Labute approximate surface area is 131 Å². The Bertz CT molecular complexity index is 304. The maximum absolute atomic E-state index is 5.55. The highest BCUT2D eigenvalue weighted by molar-refractivity contribution is 5.04. The molecule has 2 saturated heterocycles. The predicted molar refractivity (Wildman–Crippen MR) is 89.7 cm³/mol. The van der Waals surface area contributed by atoms with Crippen LogP contribution in [0.2, 0.25) is 0 Å². The molecule has 2 aliphatic rings. The fraction of sp³-hybridized carbons (Fsp3) is 1.00. The van der Waals surface area contributed by atoms with Gasteiger partial charge in [0, 0.05) is 43.9 Å². The van der Waals surface area contributed by atoms with Gasteiger partial charge in [0.1, 0.15) is 0 Å². The normalized spacial score (nSPS) is 26.9. The van der Waals surface area contributed by atoms with Crippen LogP contribution in [0.15, 0.2) is 0 Å². The van der Waals surface area contributed by atoms with E-state index in [4.69, 9.17) is 4.74 Å². The molecule has 0 amide bonds. The quantitative estimate of drug-likeness (QED) is 0.812. The van der Waals surface area contributed by atoms with Gasteiger partial charge in [0.25, 0.3) is 0 Å². The first-order valence-electron chi connectivity index (χ1n) is 9.21. The van der Waals surface area contributed by atoms with Crippen molar-refractivity contribution in [2.75, 3.05) is 32.8 Å². The Kier molecular flexibility index (Phi) is 6.10. The Morgan fingerprint density at radius 1 is 1.00 bits per heavy atom. The van der Waals surface area contributed by atoms with Crippen LogP contribution < -0.4 is 5.32 Å². The highest BCUT2D eigenvalue weighted by atomic mass is 16.5. The van der Waals surface area contributed by atoms with E-state index in [1.165, 1.54) is 51.6 Å². The van der Waals surface area contributed by atoms with E-state index < -0.39 is 0 Å². The fourth-order valence-corrected chi connectivity index (χ4v) is 4.22. The molecule has 2 aliphatic heterocycles. The second kappa shape index (κ2) is 7.43. The van der Waals surface area contributed by atoms with Gasteiger partial charge in [-0.2, -0.15) is 0 Å². The van der Waals surface area contributed by atoms with Crippen LogP contribution >= 0.6 is 0 Å². The molecule has 3 nitrogen and oxygen atoms in total. The number of hydrogen-bond donors (Lipinski definition) is 1. The Morgan fingerprint density at radius 2 is 1.62 bits per heavy atom. The van der Waals surface area contributed by atoms with Gasteiger partial charge in [0.15, 0.2) is 0 Å². The summed E-state index contributed by atoms with van der Waals surface area (Å²) < 4.78 is 5.55. The summed E-state index contributed by atoms with van der Waals surface area (Å²) in [5, 5.41) is 3.93. The first-order chi connectivity index (χ1) is 10.1. The van der Waals surface area contributed by atoms with Crippen molar-refractivity contribution < 1.29 is 4.74 Å². The van der Waals surface area contributed by atoms with Crippen LogP contribution in [0.3, 0.4) is 0 Å². The van der Waals surface area contributed by atoms with Crippen LogP contribution in [0, 0.1) is 5.92 Å². The molecule has 124 valence electrons. The van der Waals surface area contributed by atoms with Crippen molar-refractivity contribution in [3.05, 3.63) is 0 Å². The largest absolute Gasteiger partial charge is 0.381 e. The smallest absolute Gasteiger partial charge is 0.0469 e. The van der Waals surface area contributed by atoms with Crippen molar-refractivity contribution in [3.8, 4) is 0 Å². The monoisotopic (exact) mass is 296 g/mol. The second-order valence-corrected chi connectivity index (χ2v) is 7.21. The zero-order chi connectivity index (χ0) is 15.3. The van der Waals surface area contributed by atoms with Gasteiger partial charge >= 0.3 is 0 Å². The Balaban J connectivity index is 2.12. The van der Waals surface area contributed by atoms with E-state index in [1.807, 2.05) is 0 Å². The van der Waals surface area contributed by atoms with Crippen molar-refractivity contribution >= 4 is 0 Å². The summed E-state index contributed by atoms with van der Waals surface area (Å²) in [6, 6.07) is 0. The van der Waals surface area contributed by atoms with Crippen LogP contribution in [-0.2, 0) is 4.74 Å². The van der Waals surface area contributed by atoms with Gasteiger partial charge in [-0.25, -0.2) is 0 Å². The van der Waals surface area contributed by atoms with Gasteiger partial charge in [-0.05, 0) is 44.4 Å². The highest BCUT2D eigenvalue weighted by Gasteiger charge is 2.44. The van der Waals surface area contributed by atoms with Gasteiger partial charge in [-0.1, -0.05) is 27.7 Å². The zero-order valence-corrected chi connectivity index (χ0v) is 14.7. The van der Waals surface area contributed by atoms with Crippen molar-refractivity contribution in [1.82, 2.24) is 10.2 Å². The van der Waals surface area contributed by atoms with E-state index in [2.05, 4.69) is 37.9 Å². The lowest BCUT2D eigenvalue weighted by Crippen LogP contribution is -2.70. The molecule has 0 aromatic heterocycles. The van der Waals surface area contributed by atoms with Crippen LogP contribution in [0.25, 0.3) is 0 Å².